The van der Waals surface area contributed by atoms with E-state index in [-0.39, 0.29) is 57.7 Å². The van der Waals surface area contributed by atoms with E-state index < -0.39 is 73.3 Å². The van der Waals surface area contributed by atoms with Crippen LogP contribution in [-0.2, 0) is 51.2 Å². The third-order valence-corrected chi connectivity index (χ3v) is 30.4. The summed E-state index contributed by atoms with van der Waals surface area (Å²) >= 11 is 0. The standard InChI is InChI=1S/C59H108O13Si3/c1-27-66-54(61)43(6)35-41(4)33-40(3)34-42(5)47(60)32-31-39(2)29-28-30-48(71-74(23,24)57(12,13)14)50(64-19)37-51-53(68-55(62)67-51)59(65-20)45(8)52(72-75(25,26)58(15,16)17)44(7)49(69-59)36-46(38-63-18)70-73(21,22)56(9,10)11/h29,31-35,42,44-53,60H,27-28,30,36-38H2,1-26H3/b32-31+,39-29+,40-34+,41-33+,43-35+/t42-,44+,45-,46-,47-,48+,49-,50+,51+,52+,53-,59-/m1/s1. The van der Waals surface area contributed by atoms with Crippen molar-refractivity contribution in [1.29, 1.82) is 0 Å². The van der Waals surface area contributed by atoms with Crippen molar-refractivity contribution >= 4 is 37.1 Å². The average molecular weight is 1110 g/mol. The van der Waals surface area contributed by atoms with Crippen molar-refractivity contribution in [2.45, 2.75) is 252 Å². The zero-order chi connectivity index (χ0) is 57.9. The van der Waals surface area contributed by atoms with Gasteiger partial charge in [-0.3, -0.25) is 0 Å². The number of carbonyl (C=O) groups excluding carboxylic acids is 2. The highest BCUT2D eigenvalue weighted by molar-refractivity contribution is 6.75. The van der Waals surface area contributed by atoms with Gasteiger partial charge in [0.05, 0.1) is 49.8 Å². The molecule has 13 nitrogen and oxygen atoms in total. The van der Waals surface area contributed by atoms with E-state index in [1.54, 1.807) is 35.2 Å². The summed E-state index contributed by atoms with van der Waals surface area (Å²) in [5.74, 6) is -2.44. The monoisotopic (exact) mass is 1110 g/mol. The van der Waals surface area contributed by atoms with E-state index in [2.05, 4.69) is 122 Å². The lowest BCUT2D eigenvalue weighted by Gasteiger charge is -2.55. The van der Waals surface area contributed by atoms with Crippen LogP contribution < -0.4 is 0 Å². The van der Waals surface area contributed by atoms with Crippen LogP contribution in [0.5, 0.6) is 0 Å². The Morgan fingerprint density at radius 2 is 1.35 bits per heavy atom. The molecule has 0 amide bonds. The van der Waals surface area contributed by atoms with Crippen LogP contribution in [0.3, 0.4) is 0 Å². The minimum atomic E-state index is -2.38. The van der Waals surface area contributed by atoms with Crippen LogP contribution in [0.15, 0.2) is 58.7 Å². The largest absolute Gasteiger partial charge is 0.509 e. The Bertz CT molecular complexity index is 1990. The first kappa shape index (κ1) is 68.9. The smallest absolute Gasteiger partial charge is 0.463 e. The molecule has 0 spiro atoms. The number of aliphatic hydroxyl groups is 1. The Morgan fingerprint density at radius 3 is 1.87 bits per heavy atom. The molecule has 0 radical (unpaired) electrons. The molecule has 0 aromatic carbocycles. The molecule has 75 heavy (non-hydrogen) atoms. The molecular formula is C59H108O13Si3. The first-order valence-corrected chi connectivity index (χ1v) is 36.4. The van der Waals surface area contributed by atoms with E-state index in [1.807, 2.05) is 58.1 Å². The summed E-state index contributed by atoms with van der Waals surface area (Å²) < 4.78 is 65.4. The molecule has 2 aliphatic heterocycles. The number of rotatable bonds is 27. The number of cyclic esters (lactones) is 2. The molecule has 0 saturated carbocycles. The third kappa shape index (κ3) is 19.2. The highest BCUT2D eigenvalue weighted by Crippen LogP contribution is 2.50. The van der Waals surface area contributed by atoms with Crippen LogP contribution in [-0.4, -0.2) is 131 Å². The van der Waals surface area contributed by atoms with E-state index in [4.69, 9.17) is 46.4 Å². The molecule has 0 aromatic heterocycles. The minimum Gasteiger partial charge on any atom is -0.463 e. The number of hydrogen-bond acceptors (Lipinski definition) is 13. The maximum Gasteiger partial charge on any atom is 0.509 e. The van der Waals surface area contributed by atoms with Gasteiger partial charge in [0.25, 0.3) is 0 Å². The molecular weight excluding hydrogens is 1000 g/mol. The van der Waals surface area contributed by atoms with Crippen molar-refractivity contribution in [3.63, 3.8) is 0 Å². The Balaban J connectivity index is 2.58. The van der Waals surface area contributed by atoms with Crippen molar-refractivity contribution in [2.24, 2.45) is 17.8 Å². The second-order valence-electron chi connectivity index (χ2n) is 26.2. The molecule has 2 heterocycles. The first-order valence-electron chi connectivity index (χ1n) is 27.6. The van der Waals surface area contributed by atoms with Gasteiger partial charge in [-0.05, 0) is 108 Å². The molecule has 1 N–H and O–H groups in total. The van der Waals surface area contributed by atoms with Crippen molar-refractivity contribution in [1.82, 2.24) is 0 Å². The SMILES string of the molecule is CCOC(=O)/C(C)=C/C(C)=C/C(C)=C/[C@@H](C)[C@H](O)/C=C/C(C)=C/CC[C@H](O[Si](C)(C)C(C)(C)C)[C@H](C[C@@H]1OC(=O)O[C@H]1[C@]1(OC)O[C@H](C[C@H](COC)O[Si](C)(C)C(C)(C)C)[C@H](C)[C@H](O[Si](C)(C)C(C)(C)C)[C@H]1C)OC. The lowest BCUT2D eigenvalue weighted by atomic mass is 9.76. The van der Waals surface area contributed by atoms with Gasteiger partial charge < -0.3 is 51.5 Å². The second kappa shape index (κ2) is 28.3. The van der Waals surface area contributed by atoms with Gasteiger partial charge in [0.2, 0.25) is 5.79 Å². The maximum absolute atomic E-state index is 13.6. The number of hydrogen-bond donors (Lipinski definition) is 1. The Hall–Kier alpha value is -2.23. The van der Waals surface area contributed by atoms with Crippen LogP contribution >= 0.6 is 0 Å². The number of methoxy groups -OCH3 is 3. The fraction of sp³-hybridized carbons (Fsp3) is 0.797. The normalized spacial score (nSPS) is 26.5. The van der Waals surface area contributed by atoms with Crippen LogP contribution in [0.25, 0.3) is 0 Å². The van der Waals surface area contributed by atoms with Gasteiger partial charge in [0, 0.05) is 57.5 Å². The minimum absolute atomic E-state index is 0.0262. The van der Waals surface area contributed by atoms with E-state index in [9.17, 15) is 14.7 Å². The summed E-state index contributed by atoms with van der Waals surface area (Å²) in [6, 6.07) is 0. The molecule has 0 aliphatic carbocycles. The van der Waals surface area contributed by atoms with Crippen molar-refractivity contribution in [2.75, 3.05) is 34.5 Å². The average Bonchev–Trinajstić information content (AvgIpc) is 3.65. The number of esters is 1. The maximum atomic E-state index is 13.6. The van der Waals surface area contributed by atoms with Gasteiger partial charge in [-0.15, -0.1) is 0 Å². The summed E-state index contributed by atoms with van der Waals surface area (Å²) in [5.41, 5.74) is 3.44. The highest BCUT2D eigenvalue weighted by Gasteiger charge is 2.64. The fourth-order valence-electron chi connectivity index (χ4n) is 9.19. The van der Waals surface area contributed by atoms with Gasteiger partial charge in [0.1, 0.15) is 0 Å². The molecule has 0 aromatic rings. The van der Waals surface area contributed by atoms with Crippen molar-refractivity contribution in [3.8, 4) is 0 Å². The second-order valence-corrected chi connectivity index (χ2v) is 40.5. The van der Waals surface area contributed by atoms with Crippen LogP contribution in [0.2, 0.25) is 54.4 Å². The number of allylic oxidation sites excluding steroid dienone is 7. The molecule has 2 rings (SSSR count). The number of aliphatic hydroxyl groups excluding tert-OH is 1. The molecule has 2 fully saturated rings. The van der Waals surface area contributed by atoms with Crippen LogP contribution in [0.1, 0.15) is 143 Å². The molecule has 2 saturated heterocycles. The molecule has 12 atom stereocenters. The van der Waals surface area contributed by atoms with E-state index in [0.29, 0.717) is 38.0 Å². The zero-order valence-electron chi connectivity index (χ0n) is 51.9. The van der Waals surface area contributed by atoms with Gasteiger partial charge in [-0.2, -0.15) is 0 Å². The fourth-order valence-corrected chi connectivity index (χ4v) is 13.4. The van der Waals surface area contributed by atoms with Gasteiger partial charge in [-0.1, -0.05) is 130 Å². The Morgan fingerprint density at radius 1 is 0.773 bits per heavy atom. The van der Waals surface area contributed by atoms with Crippen molar-refractivity contribution in [3.05, 3.63) is 58.7 Å². The molecule has 434 valence electrons. The Labute approximate surface area is 459 Å². The third-order valence-electron chi connectivity index (χ3n) is 16.9. The molecule has 16 heteroatoms. The predicted molar refractivity (Wildman–Crippen MR) is 311 cm³/mol. The summed E-state index contributed by atoms with van der Waals surface area (Å²) in [5, 5.41) is 11.0. The van der Waals surface area contributed by atoms with Crippen LogP contribution in [0.4, 0.5) is 4.79 Å². The molecule has 2 aliphatic rings. The molecule has 0 bridgehead atoms. The van der Waals surface area contributed by atoms with Crippen LogP contribution in [0, 0.1) is 17.8 Å². The topological polar surface area (TPSA) is 147 Å². The van der Waals surface area contributed by atoms with Gasteiger partial charge in [-0.25, -0.2) is 9.59 Å². The summed E-state index contributed by atoms with van der Waals surface area (Å²) in [6.07, 6.45) is 8.62. The van der Waals surface area contributed by atoms with E-state index in [1.165, 1.54) is 0 Å². The Kier molecular flexibility index (Phi) is 26.0. The predicted octanol–water partition coefficient (Wildman–Crippen LogP) is 14.2. The van der Waals surface area contributed by atoms with Gasteiger partial charge >= 0.3 is 12.1 Å². The highest BCUT2D eigenvalue weighted by atomic mass is 28.4. The number of ether oxygens (including phenoxy) is 7. The van der Waals surface area contributed by atoms with Gasteiger partial charge in [0.15, 0.2) is 37.2 Å². The summed E-state index contributed by atoms with van der Waals surface area (Å²) in [7, 11) is -1.98. The van der Waals surface area contributed by atoms with Crippen molar-refractivity contribution < 1.29 is 61.1 Å². The molecule has 0 unspecified atom stereocenters. The summed E-state index contributed by atoms with van der Waals surface area (Å²) in [6.45, 7) is 50.1. The lowest BCUT2D eigenvalue weighted by molar-refractivity contribution is -0.359. The quantitative estimate of drug-likeness (QED) is 0.0361. The number of carbonyl (C=O) groups is 2. The van der Waals surface area contributed by atoms with E-state index in [0.717, 1.165) is 16.7 Å². The zero-order valence-corrected chi connectivity index (χ0v) is 54.9. The van der Waals surface area contributed by atoms with E-state index >= 15 is 0 Å². The lowest BCUT2D eigenvalue weighted by Crippen LogP contribution is -2.67. The summed E-state index contributed by atoms with van der Waals surface area (Å²) in [4.78, 5) is 25.7. The first-order chi connectivity index (χ1) is 34.2.